The number of carbonyl (C=O) groups is 1. The molecular weight excluding hydrogens is 381 g/mol. The number of amides is 1. The summed E-state index contributed by atoms with van der Waals surface area (Å²) in [4.78, 5) is 12.7. The van der Waals surface area contributed by atoms with Crippen molar-refractivity contribution in [2.24, 2.45) is 0 Å². The molecule has 0 radical (unpaired) electrons. The molecule has 3 N–H and O–H groups in total. The Morgan fingerprint density at radius 1 is 1.36 bits per heavy atom. The molecule has 2 heterocycles. The second-order valence-corrected chi connectivity index (χ2v) is 6.72. The van der Waals surface area contributed by atoms with Gasteiger partial charge in [0.05, 0.1) is 17.1 Å². The maximum absolute atomic E-state index is 13.1. The van der Waals surface area contributed by atoms with Crippen molar-refractivity contribution in [1.82, 2.24) is 24.7 Å². The molecule has 0 fully saturated rings. The van der Waals surface area contributed by atoms with Crippen LogP contribution in [-0.4, -0.2) is 31.8 Å². The first kappa shape index (κ1) is 19.4. The van der Waals surface area contributed by atoms with Crippen LogP contribution in [0.2, 0.25) is 0 Å². The lowest BCUT2D eigenvalue weighted by atomic mass is 10.1. The van der Waals surface area contributed by atoms with Crippen LogP contribution in [0.1, 0.15) is 40.0 Å². The third kappa shape index (κ3) is 3.99. The molecule has 0 aliphatic rings. The molecule has 0 aliphatic heterocycles. The van der Waals surface area contributed by atoms with Crippen LogP contribution in [0, 0.1) is 17.1 Å². The fourth-order valence-electron chi connectivity index (χ4n) is 2.70. The molecule has 28 heavy (non-hydrogen) atoms. The van der Waals surface area contributed by atoms with Gasteiger partial charge in [-0.15, -0.1) is 5.10 Å². The quantitative estimate of drug-likeness (QED) is 0.588. The van der Waals surface area contributed by atoms with Crippen LogP contribution in [-0.2, 0) is 12.8 Å². The molecule has 8 nitrogen and oxygen atoms in total. The zero-order valence-electron chi connectivity index (χ0n) is 15.1. The lowest BCUT2D eigenvalue weighted by Crippen LogP contribution is -2.25. The van der Waals surface area contributed by atoms with Crippen LogP contribution in [0.5, 0.6) is 0 Å². The summed E-state index contributed by atoms with van der Waals surface area (Å²) < 4.78 is 18.3. The van der Waals surface area contributed by atoms with Gasteiger partial charge in [0.1, 0.15) is 28.1 Å². The van der Waals surface area contributed by atoms with Gasteiger partial charge in [0.25, 0.3) is 5.91 Å². The Bertz CT molecular complexity index is 1020. The third-order valence-corrected chi connectivity index (χ3v) is 4.92. The highest BCUT2D eigenvalue weighted by Gasteiger charge is 2.17. The van der Waals surface area contributed by atoms with Gasteiger partial charge in [0.2, 0.25) is 0 Å². The van der Waals surface area contributed by atoms with Crippen molar-refractivity contribution < 1.29 is 9.18 Å². The highest BCUT2D eigenvalue weighted by molar-refractivity contribution is 7.08. The summed E-state index contributed by atoms with van der Waals surface area (Å²) in [6.07, 6.45) is 1.68. The van der Waals surface area contributed by atoms with Crippen LogP contribution >= 0.6 is 11.5 Å². The molecule has 0 unspecified atom stereocenters. The van der Waals surface area contributed by atoms with E-state index in [0.717, 1.165) is 11.5 Å². The number of carbonyl (C=O) groups excluding carboxylic acids is 1. The molecule has 2 aromatic heterocycles. The Balaban J connectivity index is 1.64. The minimum atomic E-state index is -0.367. The molecule has 0 spiro atoms. The Hall–Kier alpha value is -3.32. The number of nitrogens with one attached hydrogen (secondary N) is 1. The standard InChI is InChI=1S/C18H18FN7OS/c1-2-14-16(28-25-23-14)18(27)22-9-3-4-15-13(10-20)17(21)26(24-15)12-7-5-11(19)6-8-12/h5-8H,2-4,9,21H2,1H3,(H,22,27). The van der Waals surface area contributed by atoms with Crippen LogP contribution in [0.4, 0.5) is 10.2 Å². The minimum absolute atomic E-state index is 0.205. The van der Waals surface area contributed by atoms with E-state index in [0.29, 0.717) is 47.8 Å². The van der Waals surface area contributed by atoms with E-state index in [1.807, 2.05) is 6.92 Å². The van der Waals surface area contributed by atoms with Crippen molar-refractivity contribution in [3.05, 3.63) is 51.9 Å². The monoisotopic (exact) mass is 399 g/mol. The van der Waals surface area contributed by atoms with Gasteiger partial charge in [0, 0.05) is 6.54 Å². The number of halogens is 1. The molecule has 144 valence electrons. The summed E-state index contributed by atoms with van der Waals surface area (Å²) in [5.41, 5.74) is 8.11. The molecule has 0 atom stereocenters. The van der Waals surface area contributed by atoms with Crippen molar-refractivity contribution in [2.45, 2.75) is 26.2 Å². The summed E-state index contributed by atoms with van der Waals surface area (Å²) in [7, 11) is 0. The maximum atomic E-state index is 13.1. The summed E-state index contributed by atoms with van der Waals surface area (Å²) in [5, 5.41) is 20.5. The topological polar surface area (TPSA) is 123 Å². The Morgan fingerprint density at radius 3 is 2.79 bits per heavy atom. The van der Waals surface area contributed by atoms with Crippen LogP contribution in [0.25, 0.3) is 5.69 Å². The van der Waals surface area contributed by atoms with Crippen molar-refractivity contribution >= 4 is 23.3 Å². The first-order valence-electron chi connectivity index (χ1n) is 8.68. The number of aromatic nitrogens is 4. The molecule has 0 aliphatic carbocycles. The van der Waals surface area contributed by atoms with E-state index in [1.165, 1.54) is 28.9 Å². The van der Waals surface area contributed by atoms with Crippen LogP contribution in [0.15, 0.2) is 24.3 Å². The average molecular weight is 399 g/mol. The second kappa shape index (κ2) is 8.58. The molecule has 10 heteroatoms. The van der Waals surface area contributed by atoms with Gasteiger partial charge in [-0.05, 0) is 55.1 Å². The smallest absolute Gasteiger partial charge is 0.264 e. The third-order valence-electron chi connectivity index (χ3n) is 4.15. The molecule has 0 saturated carbocycles. The SMILES string of the molecule is CCc1nnsc1C(=O)NCCCc1nn(-c2ccc(F)cc2)c(N)c1C#N. The molecular formula is C18H18FN7OS. The van der Waals surface area contributed by atoms with Crippen LogP contribution in [0.3, 0.4) is 0 Å². The Labute approximate surface area is 165 Å². The lowest BCUT2D eigenvalue weighted by Gasteiger charge is -2.04. The summed E-state index contributed by atoms with van der Waals surface area (Å²) >= 11 is 1.07. The number of rotatable bonds is 7. The zero-order valence-corrected chi connectivity index (χ0v) is 16.0. The van der Waals surface area contributed by atoms with Gasteiger partial charge in [-0.3, -0.25) is 4.79 Å². The van der Waals surface area contributed by atoms with Gasteiger partial charge < -0.3 is 11.1 Å². The lowest BCUT2D eigenvalue weighted by molar-refractivity contribution is 0.0956. The normalized spacial score (nSPS) is 10.6. The van der Waals surface area contributed by atoms with Crippen LogP contribution < -0.4 is 11.1 Å². The minimum Gasteiger partial charge on any atom is -0.382 e. The number of anilines is 1. The number of nitrogens with zero attached hydrogens (tertiary/aromatic N) is 5. The van der Waals surface area contributed by atoms with E-state index in [1.54, 1.807) is 0 Å². The molecule has 3 aromatic rings. The van der Waals surface area contributed by atoms with Gasteiger partial charge in [-0.1, -0.05) is 11.4 Å². The predicted octanol–water partition coefficient (Wildman–Crippen LogP) is 2.24. The Morgan fingerprint density at radius 2 is 2.11 bits per heavy atom. The molecule has 0 bridgehead atoms. The highest BCUT2D eigenvalue weighted by Crippen LogP contribution is 2.21. The zero-order chi connectivity index (χ0) is 20.1. The molecule has 1 aromatic carbocycles. The Kier molecular flexibility index (Phi) is 5.96. The number of nitrogens with two attached hydrogens (primary N) is 1. The second-order valence-electron chi connectivity index (χ2n) is 5.97. The van der Waals surface area contributed by atoms with Gasteiger partial charge in [-0.2, -0.15) is 10.4 Å². The van der Waals surface area contributed by atoms with E-state index in [4.69, 9.17) is 5.73 Å². The van der Waals surface area contributed by atoms with E-state index < -0.39 is 0 Å². The number of hydrogen-bond donors (Lipinski definition) is 2. The molecule has 0 saturated heterocycles. The number of nitrogen functional groups attached to an aromatic ring is 1. The highest BCUT2D eigenvalue weighted by atomic mass is 32.1. The summed E-state index contributed by atoms with van der Waals surface area (Å²) in [6, 6.07) is 7.75. The van der Waals surface area contributed by atoms with E-state index in [9.17, 15) is 14.4 Å². The number of nitriles is 1. The van der Waals surface area contributed by atoms with Crippen molar-refractivity contribution in [3.8, 4) is 11.8 Å². The first-order valence-corrected chi connectivity index (χ1v) is 9.45. The summed E-state index contributed by atoms with van der Waals surface area (Å²) in [6.45, 7) is 2.33. The summed E-state index contributed by atoms with van der Waals surface area (Å²) in [5.74, 6) is -0.367. The number of aryl methyl sites for hydroxylation is 2. The first-order chi connectivity index (χ1) is 13.5. The van der Waals surface area contributed by atoms with E-state index in [2.05, 4.69) is 26.1 Å². The number of hydrogen-bond acceptors (Lipinski definition) is 7. The van der Waals surface area contributed by atoms with Gasteiger partial charge >= 0.3 is 0 Å². The average Bonchev–Trinajstić information content (AvgIpc) is 3.30. The van der Waals surface area contributed by atoms with E-state index in [-0.39, 0.29) is 23.1 Å². The van der Waals surface area contributed by atoms with Gasteiger partial charge in [-0.25, -0.2) is 9.07 Å². The fourth-order valence-corrected chi connectivity index (χ4v) is 3.37. The number of benzene rings is 1. The van der Waals surface area contributed by atoms with Gasteiger partial charge in [0.15, 0.2) is 0 Å². The molecule has 3 rings (SSSR count). The maximum Gasteiger partial charge on any atom is 0.264 e. The van der Waals surface area contributed by atoms with E-state index >= 15 is 0 Å². The van der Waals surface area contributed by atoms with Crippen molar-refractivity contribution in [2.75, 3.05) is 12.3 Å². The molecule has 1 amide bonds. The fraction of sp³-hybridized carbons (Fsp3) is 0.278. The predicted molar refractivity (Wildman–Crippen MR) is 103 cm³/mol. The van der Waals surface area contributed by atoms with Crippen molar-refractivity contribution in [3.63, 3.8) is 0 Å². The van der Waals surface area contributed by atoms with Crippen molar-refractivity contribution in [1.29, 1.82) is 5.26 Å². The largest absolute Gasteiger partial charge is 0.382 e.